The fourth-order valence-corrected chi connectivity index (χ4v) is 2.89. The summed E-state index contributed by atoms with van der Waals surface area (Å²) < 4.78 is 5.44. The van der Waals surface area contributed by atoms with Crippen LogP contribution >= 0.6 is 12.4 Å². The predicted molar refractivity (Wildman–Crippen MR) is 90.3 cm³/mol. The van der Waals surface area contributed by atoms with Gasteiger partial charge in [-0.15, -0.1) is 12.4 Å². The van der Waals surface area contributed by atoms with E-state index in [-0.39, 0.29) is 12.4 Å². The summed E-state index contributed by atoms with van der Waals surface area (Å²) in [6, 6.07) is 8.40. The largest absolute Gasteiger partial charge is 0.339 e. The number of hydrogen-bond donors (Lipinski definition) is 1. The minimum Gasteiger partial charge on any atom is -0.339 e. The van der Waals surface area contributed by atoms with Gasteiger partial charge >= 0.3 is 0 Å². The van der Waals surface area contributed by atoms with Crippen LogP contribution in [-0.2, 0) is 12.8 Å². The van der Waals surface area contributed by atoms with Crippen LogP contribution in [0, 0.1) is 5.92 Å². The smallest absolute Gasteiger partial charge is 0.227 e. The number of hydrogen-bond acceptors (Lipinski definition) is 4. The van der Waals surface area contributed by atoms with Gasteiger partial charge in [-0.3, -0.25) is 0 Å². The summed E-state index contributed by atoms with van der Waals surface area (Å²) in [5.41, 5.74) is 2.36. The Balaban J connectivity index is 0.00000176. The molecule has 1 aliphatic rings. The molecule has 22 heavy (non-hydrogen) atoms. The first kappa shape index (κ1) is 17.0. The molecule has 0 spiro atoms. The van der Waals surface area contributed by atoms with Crippen LogP contribution in [0.15, 0.2) is 28.8 Å². The van der Waals surface area contributed by atoms with Crippen molar-refractivity contribution in [3.8, 4) is 11.4 Å². The quantitative estimate of drug-likeness (QED) is 0.933. The summed E-state index contributed by atoms with van der Waals surface area (Å²) in [7, 11) is 0. The Kier molecular flexibility index (Phi) is 6.40. The van der Waals surface area contributed by atoms with Crippen molar-refractivity contribution in [1.82, 2.24) is 15.5 Å². The molecule has 2 heterocycles. The predicted octanol–water partition coefficient (Wildman–Crippen LogP) is 3.65. The first-order valence-corrected chi connectivity index (χ1v) is 7.97. The number of aromatic nitrogens is 2. The molecule has 120 valence electrons. The van der Waals surface area contributed by atoms with Gasteiger partial charge < -0.3 is 9.84 Å². The summed E-state index contributed by atoms with van der Waals surface area (Å²) in [6.45, 7) is 4.39. The van der Waals surface area contributed by atoms with Gasteiger partial charge in [-0.25, -0.2) is 0 Å². The summed E-state index contributed by atoms with van der Waals surface area (Å²) in [6.07, 6.45) is 5.64. The van der Waals surface area contributed by atoms with E-state index in [0.29, 0.717) is 11.7 Å². The van der Waals surface area contributed by atoms with E-state index in [9.17, 15) is 0 Å². The summed E-state index contributed by atoms with van der Waals surface area (Å²) in [5, 5.41) is 7.57. The van der Waals surface area contributed by atoms with Crippen LogP contribution in [0.3, 0.4) is 0 Å². The third kappa shape index (κ3) is 4.31. The minimum absolute atomic E-state index is 0. The van der Waals surface area contributed by atoms with Crippen LogP contribution in [0.2, 0.25) is 0 Å². The molecule has 3 rings (SSSR count). The van der Waals surface area contributed by atoms with Crippen molar-refractivity contribution in [3.05, 3.63) is 35.7 Å². The zero-order chi connectivity index (χ0) is 14.5. The van der Waals surface area contributed by atoms with Crippen LogP contribution in [0.1, 0.15) is 37.6 Å². The van der Waals surface area contributed by atoms with E-state index in [1.54, 1.807) is 0 Å². The van der Waals surface area contributed by atoms with Crippen LogP contribution in [0.5, 0.6) is 0 Å². The number of nitrogens with one attached hydrogen (secondary N) is 1. The van der Waals surface area contributed by atoms with E-state index in [1.165, 1.54) is 24.8 Å². The molecule has 0 radical (unpaired) electrons. The van der Waals surface area contributed by atoms with Gasteiger partial charge in [0.1, 0.15) is 0 Å². The molecule has 1 fully saturated rings. The van der Waals surface area contributed by atoms with E-state index in [2.05, 4.69) is 46.6 Å². The number of rotatable bonds is 4. The standard InChI is InChI=1S/C17H23N3O.ClH/c1-2-13-5-7-15(8-6-13)17-19-16(21-20-17)12-14-4-3-10-18-11-9-14;/h5-8,14,18H,2-4,9-12H2,1H3;1H. The number of aryl methyl sites for hydroxylation is 1. The van der Waals surface area contributed by atoms with Gasteiger partial charge in [-0.05, 0) is 50.3 Å². The third-order valence-electron chi connectivity index (χ3n) is 4.25. The molecule has 5 heteroatoms. The molecule has 1 aliphatic heterocycles. The van der Waals surface area contributed by atoms with Crippen molar-refractivity contribution in [1.29, 1.82) is 0 Å². The molecular formula is C17H24ClN3O. The van der Waals surface area contributed by atoms with Crippen LogP contribution in [0.25, 0.3) is 11.4 Å². The molecule has 1 aromatic carbocycles. The van der Waals surface area contributed by atoms with Crippen molar-refractivity contribution < 1.29 is 4.52 Å². The Morgan fingerprint density at radius 2 is 2.00 bits per heavy atom. The first-order chi connectivity index (χ1) is 10.3. The summed E-state index contributed by atoms with van der Waals surface area (Å²) in [5.74, 6) is 2.15. The maximum absolute atomic E-state index is 5.44. The van der Waals surface area contributed by atoms with E-state index >= 15 is 0 Å². The highest BCUT2D eigenvalue weighted by Crippen LogP contribution is 2.21. The lowest BCUT2D eigenvalue weighted by molar-refractivity contribution is 0.341. The average Bonchev–Trinajstić information content (AvgIpc) is 2.83. The number of nitrogens with zero attached hydrogens (tertiary/aromatic N) is 2. The fourth-order valence-electron chi connectivity index (χ4n) is 2.89. The normalized spacial score (nSPS) is 18.5. The molecule has 0 aliphatic carbocycles. The highest BCUT2D eigenvalue weighted by atomic mass is 35.5. The van der Waals surface area contributed by atoms with E-state index in [1.807, 2.05) is 0 Å². The molecule has 1 N–H and O–H groups in total. The van der Waals surface area contributed by atoms with Gasteiger partial charge in [0.2, 0.25) is 11.7 Å². The number of halogens is 1. The molecule has 0 saturated carbocycles. The van der Waals surface area contributed by atoms with Gasteiger partial charge in [0.05, 0.1) is 0 Å². The maximum Gasteiger partial charge on any atom is 0.227 e. The van der Waals surface area contributed by atoms with Crippen LogP contribution in [0.4, 0.5) is 0 Å². The lowest BCUT2D eigenvalue weighted by Gasteiger charge is -2.09. The van der Waals surface area contributed by atoms with Crippen molar-refractivity contribution in [2.24, 2.45) is 5.92 Å². The number of benzene rings is 1. The summed E-state index contributed by atoms with van der Waals surface area (Å²) in [4.78, 5) is 4.56. The van der Waals surface area contributed by atoms with Gasteiger partial charge in [0.25, 0.3) is 0 Å². The molecule has 2 aromatic rings. The van der Waals surface area contributed by atoms with Crippen LogP contribution < -0.4 is 5.32 Å². The molecule has 1 saturated heterocycles. The fraction of sp³-hybridized carbons (Fsp3) is 0.529. The second-order valence-electron chi connectivity index (χ2n) is 5.81. The first-order valence-electron chi connectivity index (χ1n) is 7.97. The van der Waals surface area contributed by atoms with Crippen molar-refractivity contribution in [3.63, 3.8) is 0 Å². The minimum atomic E-state index is 0. The Hall–Kier alpha value is -1.39. The van der Waals surface area contributed by atoms with Crippen molar-refractivity contribution in [2.75, 3.05) is 13.1 Å². The van der Waals surface area contributed by atoms with Crippen molar-refractivity contribution in [2.45, 2.75) is 39.0 Å². The summed E-state index contributed by atoms with van der Waals surface area (Å²) >= 11 is 0. The van der Waals surface area contributed by atoms with E-state index in [0.717, 1.165) is 37.4 Å². The third-order valence-corrected chi connectivity index (χ3v) is 4.25. The van der Waals surface area contributed by atoms with E-state index in [4.69, 9.17) is 4.52 Å². The van der Waals surface area contributed by atoms with Crippen molar-refractivity contribution >= 4 is 12.4 Å². The Morgan fingerprint density at radius 1 is 1.18 bits per heavy atom. The van der Waals surface area contributed by atoms with Crippen LogP contribution in [-0.4, -0.2) is 23.2 Å². The molecule has 0 bridgehead atoms. The Labute approximate surface area is 138 Å². The molecule has 1 atom stereocenters. The molecule has 1 aromatic heterocycles. The van der Waals surface area contributed by atoms with Gasteiger partial charge in [0, 0.05) is 12.0 Å². The zero-order valence-electron chi connectivity index (χ0n) is 13.0. The SMILES string of the molecule is CCc1ccc(-c2noc(CC3CCCNCC3)n2)cc1.Cl. The monoisotopic (exact) mass is 321 g/mol. The second kappa shape index (κ2) is 8.30. The van der Waals surface area contributed by atoms with Gasteiger partial charge in [-0.2, -0.15) is 4.98 Å². The Morgan fingerprint density at radius 3 is 2.77 bits per heavy atom. The van der Waals surface area contributed by atoms with E-state index < -0.39 is 0 Å². The highest BCUT2D eigenvalue weighted by Gasteiger charge is 2.17. The van der Waals surface area contributed by atoms with Gasteiger partial charge in [0.15, 0.2) is 0 Å². The van der Waals surface area contributed by atoms with Gasteiger partial charge in [-0.1, -0.05) is 36.3 Å². The topological polar surface area (TPSA) is 51.0 Å². The lowest BCUT2D eigenvalue weighted by atomic mass is 9.97. The zero-order valence-corrected chi connectivity index (χ0v) is 13.9. The lowest BCUT2D eigenvalue weighted by Crippen LogP contribution is -2.14. The second-order valence-corrected chi connectivity index (χ2v) is 5.81. The Bertz CT molecular complexity index is 560. The maximum atomic E-state index is 5.44. The molecule has 1 unspecified atom stereocenters. The molecule has 4 nitrogen and oxygen atoms in total. The molecule has 0 amide bonds. The molecular weight excluding hydrogens is 298 g/mol. The highest BCUT2D eigenvalue weighted by molar-refractivity contribution is 5.85. The average molecular weight is 322 g/mol.